The van der Waals surface area contributed by atoms with Gasteiger partial charge in [0.1, 0.15) is 19.8 Å². The van der Waals surface area contributed by atoms with Crippen molar-refractivity contribution in [3.8, 4) is 0 Å². The monoisotopic (exact) mass is 796 g/mol. The third kappa shape index (κ3) is 22.0. The van der Waals surface area contributed by atoms with Gasteiger partial charge in [0.25, 0.3) is 0 Å². The highest BCUT2D eigenvalue weighted by Crippen LogP contribution is 2.03. The minimum absolute atomic E-state index is 0.0706. The van der Waals surface area contributed by atoms with Gasteiger partial charge in [-0.1, -0.05) is 51.7 Å². The van der Waals surface area contributed by atoms with Crippen molar-refractivity contribution in [3.63, 3.8) is 0 Å². The molecule has 0 aliphatic heterocycles. The lowest BCUT2D eigenvalue weighted by atomic mass is 10.2. The Morgan fingerprint density at radius 2 is 0.893 bits per heavy atom. The molecule has 0 saturated carbocycles. The largest absolute Gasteiger partial charge is 0.460 e. The van der Waals surface area contributed by atoms with Crippen molar-refractivity contribution in [1.29, 1.82) is 0 Å². The highest BCUT2D eigenvalue weighted by Gasteiger charge is 2.15. The second-order valence-corrected chi connectivity index (χ2v) is 13.1. The molecule has 1 rings (SSSR count). The van der Waals surface area contributed by atoms with Crippen LogP contribution in [0.1, 0.15) is 97.8 Å². The van der Waals surface area contributed by atoms with Crippen LogP contribution in [0.3, 0.4) is 0 Å². The molecule has 18 nitrogen and oxygen atoms in total. The average molecular weight is 797 g/mol. The molecule has 1 aromatic rings. The molecule has 0 atom stereocenters. The molecule has 0 aliphatic carbocycles. The maximum Gasteiger partial charge on any atom is 0.407 e. The molecule has 1 aromatic heterocycles. The number of carbonyl (C=O) groups is 4. The van der Waals surface area contributed by atoms with E-state index < -0.39 is 41.2 Å². The maximum absolute atomic E-state index is 13.4. The summed E-state index contributed by atoms with van der Waals surface area (Å²) in [4.78, 5) is 86.3. The van der Waals surface area contributed by atoms with Crippen LogP contribution in [-0.4, -0.2) is 97.2 Å². The number of unbranched alkanes of at least 4 members (excludes halogenated alkanes) is 9. The lowest BCUT2D eigenvalue weighted by Gasteiger charge is -2.14. The zero-order chi connectivity index (χ0) is 41.6. The Hall–Kier alpha value is -4.71. The van der Waals surface area contributed by atoms with Crippen LogP contribution in [0, 0.1) is 0 Å². The Morgan fingerprint density at radius 1 is 0.518 bits per heavy atom. The Labute approximate surface area is 328 Å². The van der Waals surface area contributed by atoms with Crippen LogP contribution in [-0.2, 0) is 52.9 Å². The molecular weight excluding hydrogens is 732 g/mol. The summed E-state index contributed by atoms with van der Waals surface area (Å²) in [6.07, 6.45) is 7.31. The number of aromatic nitrogens is 3. The van der Waals surface area contributed by atoms with E-state index in [9.17, 15) is 33.6 Å². The molecule has 0 radical (unpaired) electrons. The van der Waals surface area contributed by atoms with Gasteiger partial charge in [-0.15, -0.1) is 0 Å². The Balaban J connectivity index is 2.62. The fourth-order valence-electron chi connectivity index (χ4n) is 5.17. The highest BCUT2D eigenvalue weighted by molar-refractivity contribution is 5.87. The molecule has 0 spiro atoms. The SMILES string of the molecule is C=C(C)C(=O)OCCOCNCCCCCCn1c(=O)n(CCCCCCNC(=O)OCC)c(=O)n(CCCCCCNC(=O)OCCOC(=O)C(=C)C)c1=O. The van der Waals surface area contributed by atoms with E-state index in [0.717, 1.165) is 58.6 Å². The lowest BCUT2D eigenvalue weighted by Crippen LogP contribution is -2.54. The van der Waals surface area contributed by atoms with Crippen LogP contribution < -0.4 is 33.0 Å². The number of hydrogen-bond donors (Lipinski definition) is 3. The van der Waals surface area contributed by atoms with Crippen LogP contribution >= 0.6 is 0 Å². The summed E-state index contributed by atoms with van der Waals surface area (Å²) in [5, 5.41) is 8.45. The van der Waals surface area contributed by atoms with Gasteiger partial charge < -0.3 is 34.3 Å². The predicted octanol–water partition coefficient (Wildman–Crippen LogP) is 3.13. The van der Waals surface area contributed by atoms with Gasteiger partial charge in [-0.3, -0.25) is 5.32 Å². The van der Waals surface area contributed by atoms with E-state index in [4.69, 9.17) is 23.7 Å². The summed E-state index contributed by atoms with van der Waals surface area (Å²) >= 11 is 0. The number of amides is 2. The van der Waals surface area contributed by atoms with Gasteiger partial charge in [-0.25, -0.2) is 47.3 Å². The first kappa shape index (κ1) is 49.3. The molecule has 0 aliphatic rings. The van der Waals surface area contributed by atoms with E-state index in [-0.39, 0.29) is 51.6 Å². The summed E-state index contributed by atoms with van der Waals surface area (Å²) < 4.78 is 28.5. The van der Waals surface area contributed by atoms with E-state index in [1.165, 1.54) is 6.92 Å². The summed E-state index contributed by atoms with van der Waals surface area (Å²) in [5.41, 5.74) is -1.26. The average Bonchev–Trinajstić information content (AvgIpc) is 3.16. The van der Waals surface area contributed by atoms with Gasteiger partial charge in [0, 0.05) is 43.9 Å². The molecule has 318 valence electrons. The van der Waals surface area contributed by atoms with E-state index >= 15 is 0 Å². The zero-order valence-corrected chi connectivity index (χ0v) is 33.6. The number of esters is 2. The molecule has 56 heavy (non-hydrogen) atoms. The topological polar surface area (TPSA) is 217 Å². The Morgan fingerprint density at radius 3 is 1.32 bits per heavy atom. The van der Waals surface area contributed by atoms with Crippen LogP contribution in [0.2, 0.25) is 0 Å². The number of ether oxygens (including phenoxy) is 5. The summed E-state index contributed by atoms with van der Waals surface area (Å²) in [5.74, 6) is -1.00. The van der Waals surface area contributed by atoms with Gasteiger partial charge in [0.15, 0.2) is 0 Å². The standard InChI is InChI=1S/C38H64N6O12/c1-6-53-34(47)40-20-14-8-11-17-23-43-36(49)42(22-16-10-7-13-19-39-29-52-25-26-54-32(45)30(2)3)37(50)44(38(43)51)24-18-12-9-15-21-41-35(48)56-28-27-55-33(46)31(4)5/h39H,2,4,6-29H2,1,3,5H3,(H,40,47)(H,41,48). The third-order valence-corrected chi connectivity index (χ3v) is 8.21. The van der Waals surface area contributed by atoms with E-state index in [0.29, 0.717) is 70.6 Å². The number of hydrogen-bond acceptors (Lipinski definition) is 13. The summed E-state index contributed by atoms with van der Waals surface area (Å²) in [6.45, 7) is 14.7. The molecule has 0 bridgehead atoms. The number of nitrogens with zero attached hydrogens (tertiary/aromatic N) is 3. The zero-order valence-electron chi connectivity index (χ0n) is 33.6. The maximum atomic E-state index is 13.4. The van der Waals surface area contributed by atoms with Crippen molar-refractivity contribution in [3.05, 3.63) is 55.8 Å². The second kappa shape index (κ2) is 30.5. The van der Waals surface area contributed by atoms with Crippen LogP contribution in [0.25, 0.3) is 0 Å². The first-order valence-electron chi connectivity index (χ1n) is 19.6. The van der Waals surface area contributed by atoms with Gasteiger partial charge in [-0.05, 0) is 65.8 Å². The number of nitrogens with one attached hydrogen (secondary N) is 3. The fraction of sp³-hybridized carbons (Fsp3) is 0.711. The van der Waals surface area contributed by atoms with Crippen molar-refractivity contribution < 1.29 is 42.9 Å². The fourth-order valence-corrected chi connectivity index (χ4v) is 5.17. The minimum atomic E-state index is -0.627. The molecule has 2 amide bonds. The van der Waals surface area contributed by atoms with Gasteiger partial charge in [0.05, 0.1) is 19.9 Å². The first-order valence-corrected chi connectivity index (χ1v) is 19.6. The smallest absolute Gasteiger partial charge is 0.407 e. The first-order chi connectivity index (χ1) is 26.9. The summed E-state index contributed by atoms with van der Waals surface area (Å²) in [6, 6.07) is 0. The van der Waals surface area contributed by atoms with Crippen molar-refractivity contribution in [1.82, 2.24) is 29.7 Å². The van der Waals surface area contributed by atoms with Crippen molar-refractivity contribution >= 4 is 24.1 Å². The van der Waals surface area contributed by atoms with Crippen LogP contribution in [0.15, 0.2) is 38.7 Å². The molecule has 0 aromatic carbocycles. The minimum Gasteiger partial charge on any atom is -0.460 e. The van der Waals surface area contributed by atoms with Gasteiger partial charge in [-0.2, -0.15) is 0 Å². The lowest BCUT2D eigenvalue weighted by molar-refractivity contribution is -0.141. The van der Waals surface area contributed by atoms with Crippen molar-refractivity contribution in [2.75, 3.05) is 59.4 Å². The summed E-state index contributed by atoms with van der Waals surface area (Å²) in [7, 11) is 0. The van der Waals surface area contributed by atoms with Crippen molar-refractivity contribution in [2.24, 2.45) is 0 Å². The Kier molecular flexibility index (Phi) is 26.9. The highest BCUT2D eigenvalue weighted by atomic mass is 16.6. The van der Waals surface area contributed by atoms with E-state index in [1.807, 2.05) is 0 Å². The molecule has 0 saturated heterocycles. The second-order valence-electron chi connectivity index (χ2n) is 13.1. The van der Waals surface area contributed by atoms with Crippen LogP contribution in [0.5, 0.6) is 0 Å². The van der Waals surface area contributed by atoms with Gasteiger partial charge in [0.2, 0.25) is 0 Å². The predicted molar refractivity (Wildman–Crippen MR) is 209 cm³/mol. The van der Waals surface area contributed by atoms with Crippen LogP contribution in [0.4, 0.5) is 9.59 Å². The molecule has 0 unspecified atom stereocenters. The quantitative estimate of drug-likeness (QED) is 0.0315. The Bertz CT molecular complexity index is 1550. The third-order valence-electron chi connectivity index (χ3n) is 8.21. The normalized spacial score (nSPS) is 10.8. The van der Waals surface area contributed by atoms with Gasteiger partial charge >= 0.3 is 41.2 Å². The number of rotatable bonds is 32. The van der Waals surface area contributed by atoms with Crippen molar-refractivity contribution in [2.45, 2.75) is 117 Å². The molecular formula is C38H64N6O12. The van der Waals surface area contributed by atoms with E-state index in [2.05, 4.69) is 29.1 Å². The molecule has 1 heterocycles. The number of carbonyl (C=O) groups excluding carboxylic acids is 4. The molecule has 0 fully saturated rings. The molecule has 18 heteroatoms. The van der Waals surface area contributed by atoms with E-state index in [1.54, 1.807) is 13.8 Å². The number of alkyl carbamates (subject to hydrolysis) is 2. The molecule has 3 N–H and O–H groups in total.